The second kappa shape index (κ2) is 11.6. The van der Waals surface area contributed by atoms with Crippen molar-refractivity contribution in [2.24, 2.45) is 0 Å². The molecule has 0 saturated heterocycles. The van der Waals surface area contributed by atoms with Gasteiger partial charge in [-0.3, -0.25) is 0 Å². The van der Waals surface area contributed by atoms with E-state index in [1.54, 1.807) is 0 Å². The van der Waals surface area contributed by atoms with E-state index in [1.807, 2.05) is 13.8 Å². The Kier molecular flexibility index (Phi) is 9.91. The summed E-state index contributed by atoms with van der Waals surface area (Å²) in [6.45, 7) is 11.3. The van der Waals surface area contributed by atoms with Gasteiger partial charge in [-0.25, -0.2) is 4.98 Å². The monoisotopic (exact) mass is 297 g/mol. The van der Waals surface area contributed by atoms with Gasteiger partial charge in [0.2, 0.25) is 5.95 Å². The lowest BCUT2D eigenvalue weighted by Gasteiger charge is -2.10. The van der Waals surface area contributed by atoms with Crippen LogP contribution in [-0.2, 0) is 16.0 Å². The van der Waals surface area contributed by atoms with E-state index in [9.17, 15) is 0 Å². The molecule has 1 heterocycles. The molecule has 21 heavy (non-hydrogen) atoms. The Morgan fingerprint density at radius 1 is 1.10 bits per heavy atom. The van der Waals surface area contributed by atoms with Gasteiger partial charge in [-0.05, 0) is 33.1 Å². The van der Waals surface area contributed by atoms with Crippen molar-refractivity contribution in [3.05, 3.63) is 11.9 Å². The summed E-state index contributed by atoms with van der Waals surface area (Å²) in [7, 11) is 0. The lowest BCUT2D eigenvalue weighted by atomic mass is 10.4. The minimum Gasteiger partial charge on any atom is -0.382 e. The number of hydrogen-bond acceptors (Lipinski definition) is 4. The van der Waals surface area contributed by atoms with Gasteiger partial charge in [0.1, 0.15) is 0 Å². The maximum atomic E-state index is 5.56. The summed E-state index contributed by atoms with van der Waals surface area (Å²) in [5.41, 5.74) is 1.05. The van der Waals surface area contributed by atoms with Crippen molar-refractivity contribution in [3.63, 3.8) is 0 Å². The van der Waals surface area contributed by atoms with Crippen LogP contribution in [0.25, 0.3) is 0 Å². The van der Waals surface area contributed by atoms with E-state index in [0.29, 0.717) is 0 Å². The molecule has 0 bridgehead atoms. The van der Waals surface area contributed by atoms with Crippen molar-refractivity contribution in [1.29, 1.82) is 0 Å². The summed E-state index contributed by atoms with van der Waals surface area (Å²) in [5.74, 6) is 0.956. The number of imidazole rings is 1. The fourth-order valence-electron chi connectivity index (χ4n) is 2.06. The number of ether oxygens (including phenoxy) is 2. The number of nitrogens with one attached hydrogen (secondary N) is 1. The summed E-state index contributed by atoms with van der Waals surface area (Å²) in [4.78, 5) is 4.53. The lowest BCUT2D eigenvalue weighted by Crippen LogP contribution is -2.11. The van der Waals surface area contributed by atoms with Crippen LogP contribution in [0, 0.1) is 6.92 Å². The molecule has 0 aliphatic heterocycles. The number of rotatable bonds is 13. The summed E-state index contributed by atoms with van der Waals surface area (Å²) in [6, 6.07) is 0. The zero-order valence-electron chi connectivity index (χ0n) is 13.9. The predicted molar refractivity (Wildman–Crippen MR) is 86.9 cm³/mol. The Morgan fingerprint density at radius 3 is 2.62 bits per heavy atom. The number of nitrogens with zero attached hydrogens (tertiary/aromatic N) is 2. The van der Waals surface area contributed by atoms with E-state index in [4.69, 9.17) is 9.47 Å². The summed E-state index contributed by atoms with van der Waals surface area (Å²) < 4.78 is 13.1. The van der Waals surface area contributed by atoms with Crippen molar-refractivity contribution >= 4 is 5.95 Å². The topological polar surface area (TPSA) is 48.3 Å². The first-order valence-corrected chi connectivity index (χ1v) is 8.21. The summed E-state index contributed by atoms with van der Waals surface area (Å²) >= 11 is 0. The quantitative estimate of drug-likeness (QED) is 0.568. The molecule has 1 rings (SSSR count). The van der Waals surface area contributed by atoms with E-state index in [2.05, 4.69) is 28.0 Å². The maximum absolute atomic E-state index is 5.56. The van der Waals surface area contributed by atoms with Crippen LogP contribution in [0.1, 0.15) is 45.2 Å². The molecule has 1 aromatic heterocycles. The molecule has 0 atom stereocenters. The highest BCUT2D eigenvalue weighted by molar-refractivity contribution is 5.28. The van der Waals surface area contributed by atoms with Gasteiger partial charge in [0.15, 0.2) is 0 Å². The minimum atomic E-state index is 0.784. The van der Waals surface area contributed by atoms with E-state index in [0.717, 1.165) is 70.4 Å². The molecule has 1 N–H and O–H groups in total. The minimum absolute atomic E-state index is 0.784. The van der Waals surface area contributed by atoms with Crippen molar-refractivity contribution < 1.29 is 9.47 Å². The Balaban J connectivity index is 2.21. The van der Waals surface area contributed by atoms with Crippen molar-refractivity contribution in [2.45, 2.75) is 53.0 Å². The highest BCUT2D eigenvalue weighted by Gasteiger charge is 2.04. The second-order valence-electron chi connectivity index (χ2n) is 5.20. The third kappa shape index (κ3) is 8.07. The van der Waals surface area contributed by atoms with E-state index in [1.165, 1.54) is 6.42 Å². The Labute approximate surface area is 129 Å². The maximum Gasteiger partial charge on any atom is 0.203 e. The molecule has 0 aromatic carbocycles. The fourth-order valence-corrected chi connectivity index (χ4v) is 2.06. The zero-order chi connectivity index (χ0) is 15.3. The molecule has 0 aliphatic rings. The first kappa shape index (κ1) is 18.0. The van der Waals surface area contributed by atoms with Crippen molar-refractivity contribution in [1.82, 2.24) is 9.55 Å². The smallest absolute Gasteiger partial charge is 0.203 e. The van der Waals surface area contributed by atoms with Crippen LogP contribution in [0.4, 0.5) is 5.95 Å². The molecule has 0 amide bonds. The molecule has 0 radical (unpaired) electrons. The van der Waals surface area contributed by atoms with Gasteiger partial charge in [-0.1, -0.05) is 13.3 Å². The van der Waals surface area contributed by atoms with Crippen molar-refractivity contribution in [2.75, 3.05) is 38.3 Å². The van der Waals surface area contributed by atoms with Crippen LogP contribution in [0.15, 0.2) is 6.20 Å². The van der Waals surface area contributed by atoms with Gasteiger partial charge in [0, 0.05) is 45.7 Å². The number of hydrogen-bond donors (Lipinski definition) is 1. The van der Waals surface area contributed by atoms with E-state index < -0.39 is 0 Å². The Bertz CT molecular complexity index is 366. The van der Waals surface area contributed by atoms with Crippen LogP contribution >= 0.6 is 0 Å². The van der Waals surface area contributed by atoms with E-state index >= 15 is 0 Å². The van der Waals surface area contributed by atoms with Crippen LogP contribution in [0.5, 0.6) is 0 Å². The molecule has 0 saturated carbocycles. The summed E-state index contributed by atoms with van der Waals surface area (Å²) in [6.07, 6.45) is 6.45. The summed E-state index contributed by atoms with van der Waals surface area (Å²) in [5, 5.41) is 3.40. The van der Waals surface area contributed by atoms with Gasteiger partial charge in [-0.15, -0.1) is 0 Å². The Morgan fingerprint density at radius 2 is 1.86 bits per heavy atom. The number of anilines is 1. The van der Waals surface area contributed by atoms with Gasteiger partial charge in [0.25, 0.3) is 0 Å². The second-order valence-corrected chi connectivity index (χ2v) is 5.20. The molecule has 5 nitrogen and oxygen atoms in total. The lowest BCUT2D eigenvalue weighted by molar-refractivity contribution is 0.131. The molecule has 0 spiro atoms. The van der Waals surface area contributed by atoms with E-state index in [-0.39, 0.29) is 0 Å². The van der Waals surface area contributed by atoms with Crippen LogP contribution in [0.3, 0.4) is 0 Å². The third-order valence-electron chi connectivity index (χ3n) is 3.18. The van der Waals surface area contributed by atoms with Crippen LogP contribution < -0.4 is 5.32 Å². The SMILES string of the molecule is CCCCOCCCNc1nc(C)cn1CCCOCC. The van der Waals surface area contributed by atoms with Gasteiger partial charge >= 0.3 is 0 Å². The number of unbranched alkanes of at least 4 members (excludes halogenated alkanes) is 1. The molecule has 0 fully saturated rings. The average Bonchev–Trinajstić information content (AvgIpc) is 2.83. The fraction of sp³-hybridized carbons (Fsp3) is 0.812. The molecule has 1 aromatic rings. The highest BCUT2D eigenvalue weighted by Crippen LogP contribution is 2.09. The molecular weight excluding hydrogens is 266 g/mol. The predicted octanol–water partition coefficient (Wildman–Crippen LogP) is 3.24. The first-order chi connectivity index (χ1) is 10.3. The average molecular weight is 297 g/mol. The Hall–Kier alpha value is -1.07. The molecule has 0 aliphatic carbocycles. The zero-order valence-corrected chi connectivity index (χ0v) is 13.9. The largest absolute Gasteiger partial charge is 0.382 e. The van der Waals surface area contributed by atoms with Crippen molar-refractivity contribution in [3.8, 4) is 0 Å². The van der Waals surface area contributed by atoms with Gasteiger partial charge < -0.3 is 19.4 Å². The molecular formula is C16H31N3O2. The number of aromatic nitrogens is 2. The standard InChI is InChI=1S/C16H31N3O2/c1-4-6-11-21-12-7-9-17-16-18-15(3)14-19(16)10-8-13-20-5-2/h14H,4-13H2,1-3H3,(H,17,18). The molecule has 122 valence electrons. The van der Waals surface area contributed by atoms with Gasteiger partial charge in [0.05, 0.1) is 5.69 Å². The highest BCUT2D eigenvalue weighted by atomic mass is 16.5. The van der Waals surface area contributed by atoms with Crippen LogP contribution in [-0.4, -0.2) is 42.5 Å². The van der Waals surface area contributed by atoms with Crippen LogP contribution in [0.2, 0.25) is 0 Å². The molecule has 0 unspecified atom stereocenters. The number of aryl methyl sites for hydroxylation is 2. The normalized spacial score (nSPS) is 11.0. The van der Waals surface area contributed by atoms with Gasteiger partial charge in [-0.2, -0.15) is 0 Å². The molecule has 5 heteroatoms. The first-order valence-electron chi connectivity index (χ1n) is 8.21. The third-order valence-corrected chi connectivity index (χ3v) is 3.18.